The van der Waals surface area contributed by atoms with E-state index in [0.717, 1.165) is 0 Å². The summed E-state index contributed by atoms with van der Waals surface area (Å²) >= 11 is 6.06. The van der Waals surface area contributed by atoms with Crippen LogP contribution in [-0.2, 0) is 9.84 Å². The molecule has 0 atom stereocenters. The molecule has 0 aliphatic carbocycles. The molecule has 2 aromatic rings. The number of sulfone groups is 1. The van der Waals surface area contributed by atoms with E-state index in [1.54, 1.807) is 49.5 Å². The van der Waals surface area contributed by atoms with Crippen LogP contribution in [0.5, 0.6) is 0 Å². The lowest BCUT2D eigenvalue weighted by Crippen LogP contribution is -2.06. The van der Waals surface area contributed by atoms with Gasteiger partial charge in [-0.2, -0.15) is 5.26 Å². The Hall–Kier alpha value is -2.16. The lowest BCUT2D eigenvalue weighted by Gasteiger charge is -2.08. The maximum absolute atomic E-state index is 12.2. The molecule has 0 fully saturated rings. The monoisotopic (exact) mass is 332 g/mol. The Morgan fingerprint density at radius 1 is 1.27 bits per heavy atom. The Kier molecular flexibility index (Phi) is 4.96. The number of benzene rings is 1. The molecule has 6 heteroatoms. The predicted molar refractivity (Wildman–Crippen MR) is 87.1 cm³/mol. The van der Waals surface area contributed by atoms with E-state index in [4.69, 9.17) is 16.9 Å². The average Bonchev–Trinajstić information content (AvgIpc) is 2.52. The highest BCUT2D eigenvalue weighted by Gasteiger charge is 2.18. The molecule has 0 aliphatic heterocycles. The molecule has 0 spiro atoms. The summed E-state index contributed by atoms with van der Waals surface area (Å²) in [6.45, 7) is 1.57. The van der Waals surface area contributed by atoms with Crippen molar-refractivity contribution in [2.45, 2.75) is 11.8 Å². The fourth-order valence-corrected chi connectivity index (χ4v) is 3.64. The first-order valence-electron chi connectivity index (χ1n) is 6.53. The van der Waals surface area contributed by atoms with Crippen molar-refractivity contribution in [2.75, 3.05) is 5.75 Å². The summed E-state index contributed by atoms with van der Waals surface area (Å²) in [5, 5.41) is 9.23. The maximum atomic E-state index is 12.2. The van der Waals surface area contributed by atoms with Gasteiger partial charge in [0.05, 0.1) is 21.2 Å². The van der Waals surface area contributed by atoms with E-state index in [0.29, 0.717) is 16.7 Å². The summed E-state index contributed by atoms with van der Waals surface area (Å²) < 4.78 is 24.4. The number of rotatable bonds is 4. The molecular weight excluding hydrogens is 320 g/mol. The van der Waals surface area contributed by atoms with Gasteiger partial charge >= 0.3 is 0 Å². The van der Waals surface area contributed by atoms with Crippen LogP contribution in [0, 0.1) is 11.3 Å². The molecule has 112 valence electrons. The van der Waals surface area contributed by atoms with E-state index in [1.165, 1.54) is 6.20 Å². The van der Waals surface area contributed by atoms with Crippen LogP contribution in [0.2, 0.25) is 5.02 Å². The van der Waals surface area contributed by atoms with Crippen molar-refractivity contribution in [2.24, 2.45) is 0 Å². The quantitative estimate of drug-likeness (QED) is 0.858. The minimum absolute atomic E-state index is 0.0315. The second-order valence-electron chi connectivity index (χ2n) is 4.47. The molecule has 1 heterocycles. The highest BCUT2D eigenvalue weighted by molar-refractivity contribution is 7.91. The molecule has 4 nitrogen and oxygen atoms in total. The minimum atomic E-state index is -3.44. The van der Waals surface area contributed by atoms with Crippen LogP contribution in [0.1, 0.15) is 23.6 Å². The maximum Gasteiger partial charge on any atom is 0.180 e. The molecule has 0 saturated carbocycles. The van der Waals surface area contributed by atoms with Crippen molar-refractivity contribution >= 4 is 33.6 Å². The Morgan fingerprint density at radius 2 is 2.00 bits per heavy atom. The van der Waals surface area contributed by atoms with Crippen molar-refractivity contribution in [3.05, 3.63) is 58.4 Å². The lowest BCUT2D eigenvalue weighted by molar-refractivity contribution is 0.597. The summed E-state index contributed by atoms with van der Waals surface area (Å²) in [6, 6.07) is 8.65. The Morgan fingerprint density at radius 3 is 2.68 bits per heavy atom. The van der Waals surface area contributed by atoms with Gasteiger partial charge in [0.15, 0.2) is 9.84 Å². The molecule has 1 aromatic heterocycles. The number of pyridine rings is 1. The van der Waals surface area contributed by atoms with Crippen LogP contribution < -0.4 is 0 Å². The zero-order valence-corrected chi connectivity index (χ0v) is 13.4. The Balaban J connectivity index is 2.54. The van der Waals surface area contributed by atoms with Crippen molar-refractivity contribution < 1.29 is 8.42 Å². The fourth-order valence-electron chi connectivity index (χ4n) is 1.95. The normalized spacial score (nSPS) is 11.5. The van der Waals surface area contributed by atoms with Gasteiger partial charge in [-0.25, -0.2) is 8.42 Å². The SMILES string of the molecule is CCS(=O)(=O)c1c(Cl)cccc1/C=C/c1ccncc1C#N. The van der Waals surface area contributed by atoms with Gasteiger partial charge in [-0.1, -0.05) is 42.8 Å². The molecule has 0 aliphatic rings. The van der Waals surface area contributed by atoms with Crippen LogP contribution in [0.15, 0.2) is 41.6 Å². The van der Waals surface area contributed by atoms with Gasteiger partial charge in [-0.05, 0) is 23.3 Å². The molecular formula is C16H13ClN2O2S. The Labute approximate surface area is 134 Å². The molecule has 0 radical (unpaired) electrons. The molecule has 0 unspecified atom stereocenters. The number of hydrogen-bond acceptors (Lipinski definition) is 4. The van der Waals surface area contributed by atoms with Crippen molar-refractivity contribution in [3.8, 4) is 6.07 Å². The minimum Gasteiger partial charge on any atom is -0.263 e. The van der Waals surface area contributed by atoms with Crippen LogP contribution in [-0.4, -0.2) is 19.2 Å². The van der Waals surface area contributed by atoms with Gasteiger partial charge in [0.2, 0.25) is 0 Å². The number of nitrogens with zero attached hydrogens (tertiary/aromatic N) is 2. The van der Waals surface area contributed by atoms with E-state index >= 15 is 0 Å². The second-order valence-corrected chi connectivity index (χ2v) is 7.09. The third-order valence-corrected chi connectivity index (χ3v) is 5.37. The van der Waals surface area contributed by atoms with Gasteiger partial charge in [0, 0.05) is 12.4 Å². The molecule has 2 rings (SSSR count). The highest BCUT2D eigenvalue weighted by Crippen LogP contribution is 2.28. The summed E-state index contributed by atoms with van der Waals surface area (Å²) in [7, 11) is -3.44. The number of hydrogen-bond donors (Lipinski definition) is 0. The van der Waals surface area contributed by atoms with E-state index in [9.17, 15) is 8.42 Å². The first-order chi connectivity index (χ1) is 10.5. The molecule has 0 bridgehead atoms. The highest BCUT2D eigenvalue weighted by atomic mass is 35.5. The fraction of sp³-hybridized carbons (Fsp3) is 0.125. The molecule has 22 heavy (non-hydrogen) atoms. The standard InChI is InChI=1S/C16H13ClN2O2S/c1-2-22(20,21)16-13(4-3-5-15(16)17)7-6-12-8-9-19-11-14(12)10-18/h3-9,11H,2H2,1H3/b7-6+. The van der Waals surface area contributed by atoms with Gasteiger partial charge < -0.3 is 0 Å². The number of aromatic nitrogens is 1. The van der Waals surface area contributed by atoms with E-state index in [-0.39, 0.29) is 15.7 Å². The zero-order valence-electron chi connectivity index (χ0n) is 11.8. The van der Waals surface area contributed by atoms with Gasteiger partial charge in [-0.3, -0.25) is 4.98 Å². The summed E-state index contributed by atoms with van der Waals surface area (Å²) in [6.07, 6.45) is 6.36. The van der Waals surface area contributed by atoms with Crippen LogP contribution in [0.25, 0.3) is 12.2 Å². The Bertz CT molecular complexity index is 868. The molecule has 0 saturated heterocycles. The number of halogens is 1. The third kappa shape index (κ3) is 3.35. The van der Waals surface area contributed by atoms with Crippen LogP contribution in [0.4, 0.5) is 0 Å². The van der Waals surface area contributed by atoms with E-state index in [2.05, 4.69) is 4.98 Å². The van der Waals surface area contributed by atoms with E-state index in [1.807, 2.05) is 6.07 Å². The van der Waals surface area contributed by atoms with Gasteiger partial charge in [0.25, 0.3) is 0 Å². The van der Waals surface area contributed by atoms with Gasteiger partial charge in [0.1, 0.15) is 6.07 Å². The first kappa shape index (κ1) is 16.2. The molecule has 0 N–H and O–H groups in total. The first-order valence-corrected chi connectivity index (χ1v) is 8.56. The van der Waals surface area contributed by atoms with E-state index < -0.39 is 9.84 Å². The predicted octanol–water partition coefficient (Wildman–Crippen LogP) is 3.57. The van der Waals surface area contributed by atoms with Crippen LogP contribution >= 0.6 is 11.6 Å². The zero-order chi connectivity index (χ0) is 16.2. The smallest absolute Gasteiger partial charge is 0.180 e. The summed E-state index contributed by atoms with van der Waals surface area (Å²) in [5.41, 5.74) is 1.58. The second kappa shape index (κ2) is 6.73. The summed E-state index contributed by atoms with van der Waals surface area (Å²) in [5.74, 6) is -0.0315. The van der Waals surface area contributed by atoms with Gasteiger partial charge in [-0.15, -0.1) is 0 Å². The summed E-state index contributed by atoms with van der Waals surface area (Å²) in [4.78, 5) is 4.00. The van der Waals surface area contributed by atoms with Crippen LogP contribution in [0.3, 0.4) is 0 Å². The third-order valence-electron chi connectivity index (χ3n) is 3.11. The molecule has 1 aromatic carbocycles. The molecule has 0 amide bonds. The van der Waals surface area contributed by atoms with Crippen molar-refractivity contribution in [3.63, 3.8) is 0 Å². The van der Waals surface area contributed by atoms with Crippen molar-refractivity contribution in [1.82, 2.24) is 4.98 Å². The topological polar surface area (TPSA) is 70.8 Å². The van der Waals surface area contributed by atoms with Crippen molar-refractivity contribution in [1.29, 1.82) is 5.26 Å². The average molecular weight is 333 g/mol. The lowest BCUT2D eigenvalue weighted by atomic mass is 10.1. The number of nitriles is 1. The largest absolute Gasteiger partial charge is 0.263 e.